The van der Waals surface area contributed by atoms with E-state index in [1.165, 1.54) is 12.3 Å². The molecule has 2 nitrogen and oxygen atoms in total. The van der Waals surface area contributed by atoms with Gasteiger partial charge < -0.3 is 9.52 Å². The minimum Gasteiger partial charge on any atom is -0.466 e. The van der Waals surface area contributed by atoms with Crippen molar-refractivity contribution in [1.29, 1.82) is 0 Å². The minimum atomic E-state index is -1.08. The van der Waals surface area contributed by atoms with Crippen molar-refractivity contribution in [2.45, 2.75) is 13.0 Å². The van der Waals surface area contributed by atoms with Crippen LogP contribution in [0.2, 0.25) is 0 Å². The highest BCUT2D eigenvalue weighted by molar-refractivity contribution is 5.29. The Balaban J connectivity index is 2.38. The summed E-state index contributed by atoms with van der Waals surface area (Å²) in [7, 11) is 0. The van der Waals surface area contributed by atoms with Crippen LogP contribution in [0.15, 0.2) is 34.9 Å². The lowest BCUT2D eigenvalue weighted by molar-refractivity contribution is 0.187. The SMILES string of the molecule is Cc1ccoc1C(O)c1ccc(F)c(F)c1. The molecule has 2 rings (SSSR count). The summed E-state index contributed by atoms with van der Waals surface area (Å²) >= 11 is 0. The number of aliphatic hydroxyl groups excluding tert-OH is 1. The normalized spacial score (nSPS) is 12.8. The lowest BCUT2D eigenvalue weighted by Crippen LogP contribution is -2.01. The van der Waals surface area contributed by atoms with Gasteiger partial charge in [0.1, 0.15) is 11.9 Å². The monoisotopic (exact) mass is 224 g/mol. The maximum atomic E-state index is 13.0. The molecule has 16 heavy (non-hydrogen) atoms. The van der Waals surface area contributed by atoms with Crippen LogP contribution in [-0.2, 0) is 0 Å². The Hall–Kier alpha value is -1.68. The lowest BCUT2D eigenvalue weighted by Gasteiger charge is -2.09. The average Bonchev–Trinajstić information content (AvgIpc) is 2.67. The van der Waals surface area contributed by atoms with E-state index in [0.717, 1.165) is 17.7 Å². The Morgan fingerprint density at radius 1 is 1.19 bits per heavy atom. The lowest BCUT2D eigenvalue weighted by atomic mass is 10.0. The van der Waals surface area contributed by atoms with Gasteiger partial charge in [0.2, 0.25) is 0 Å². The van der Waals surface area contributed by atoms with Crippen LogP contribution in [0.25, 0.3) is 0 Å². The smallest absolute Gasteiger partial charge is 0.159 e. The van der Waals surface area contributed by atoms with Gasteiger partial charge in [0.15, 0.2) is 11.6 Å². The molecule has 84 valence electrons. The number of halogens is 2. The van der Waals surface area contributed by atoms with Crippen LogP contribution in [0.4, 0.5) is 8.78 Å². The van der Waals surface area contributed by atoms with Crippen molar-refractivity contribution in [3.05, 3.63) is 59.1 Å². The first-order valence-electron chi connectivity index (χ1n) is 4.76. The highest BCUT2D eigenvalue weighted by Gasteiger charge is 2.17. The van der Waals surface area contributed by atoms with Crippen molar-refractivity contribution < 1.29 is 18.3 Å². The first-order chi connectivity index (χ1) is 7.59. The summed E-state index contributed by atoms with van der Waals surface area (Å²) < 4.78 is 30.8. The highest BCUT2D eigenvalue weighted by atomic mass is 19.2. The molecule has 1 atom stereocenters. The number of hydrogen-bond acceptors (Lipinski definition) is 2. The Kier molecular flexibility index (Phi) is 2.75. The van der Waals surface area contributed by atoms with Crippen molar-refractivity contribution in [2.24, 2.45) is 0 Å². The standard InChI is InChI=1S/C12H10F2O2/c1-7-4-5-16-12(7)11(15)8-2-3-9(13)10(14)6-8/h2-6,11,15H,1H3. The van der Waals surface area contributed by atoms with Crippen LogP contribution in [0, 0.1) is 18.6 Å². The van der Waals surface area contributed by atoms with Crippen LogP contribution in [-0.4, -0.2) is 5.11 Å². The van der Waals surface area contributed by atoms with Crippen LogP contribution < -0.4 is 0 Å². The summed E-state index contributed by atoms with van der Waals surface area (Å²) in [6.45, 7) is 1.77. The summed E-state index contributed by atoms with van der Waals surface area (Å²) in [6.07, 6.45) is 0.360. The second-order valence-corrected chi connectivity index (χ2v) is 3.54. The van der Waals surface area contributed by atoms with Crippen LogP contribution >= 0.6 is 0 Å². The zero-order chi connectivity index (χ0) is 11.7. The van der Waals surface area contributed by atoms with Crippen molar-refractivity contribution in [3.63, 3.8) is 0 Å². The molecule has 0 aliphatic carbocycles. The van der Waals surface area contributed by atoms with Gasteiger partial charge in [-0.2, -0.15) is 0 Å². The molecule has 0 amide bonds. The molecule has 1 aromatic carbocycles. The van der Waals surface area contributed by atoms with Gasteiger partial charge in [-0.15, -0.1) is 0 Å². The molecule has 0 radical (unpaired) electrons. The molecular weight excluding hydrogens is 214 g/mol. The quantitative estimate of drug-likeness (QED) is 0.850. The molecule has 1 unspecified atom stereocenters. The topological polar surface area (TPSA) is 33.4 Å². The Morgan fingerprint density at radius 2 is 1.94 bits per heavy atom. The van der Waals surface area contributed by atoms with Gasteiger partial charge in [0, 0.05) is 0 Å². The Labute approximate surface area is 91.1 Å². The zero-order valence-electron chi connectivity index (χ0n) is 8.58. The van der Waals surface area contributed by atoms with Gasteiger partial charge in [-0.1, -0.05) is 6.07 Å². The highest BCUT2D eigenvalue weighted by Crippen LogP contribution is 2.26. The van der Waals surface area contributed by atoms with Crippen LogP contribution in [0.3, 0.4) is 0 Å². The first kappa shape index (κ1) is 10.8. The van der Waals surface area contributed by atoms with Gasteiger partial charge in [-0.05, 0) is 36.2 Å². The Morgan fingerprint density at radius 3 is 2.50 bits per heavy atom. The molecule has 4 heteroatoms. The van der Waals surface area contributed by atoms with Crippen molar-refractivity contribution in [3.8, 4) is 0 Å². The molecule has 1 aromatic heterocycles. The molecule has 1 N–H and O–H groups in total. The van der Waals surface area contributed by atoms with Gasteiger partial charge in [0.05, 0.1) is 6.26 Å². The molecule has 0 spiro atoms. The second-order valence-electron chi connectivity index (χ2n) is 3.54. The van der Waals surface area contributed by atoms with E-state index >= 15 is 0 Å². The van der Waals surface area contributed by atoms with Gasteiger partial charge >= 0.3 is 0 Å². The predicted molar refractivity (Wildman–Crippen MR) is 53.9 cm³/mol. The van der Waals surface area contributed by atoms with Gasteiger partial charge in [-0.25, -0.2) is 8.78 Å². The van der Waals surface area contributed by atoms with E-state index < -0.39 is 17.7 Å². The van der Waals surface area contributed by atoms with Crippen molar-refractivity contribution in [1.82, 2.24) is 0 Å². The molecule has 0 saturated heterocycles. The molecule has 0 aliphatic rings. The maximum absolute atomic E-state index is 13.0. The van der Waals surface area contributed by atoms with E-state index in [9.17, 15) is 13.9 Å². The van der Waals surface area contributed by atoms with E-state index in [2.05, 4.69) is 0 Å². The summed E-state index contributed by atoms with van der Waals surface area (Å²) in [4.78, 5) is 0. The minimum absolute atomic E-state index is 0.261. The molecule has 0 fully saturated rings. The number of aryl methyl sites for hydroxylation is 1. The number of aliphatic hydroxyl groups is 1. The molecular formula is C12H10F2O2. The summed E-state index contributed by atoms with van der Waals surface area (Å²) in [5, 5.41) is 9.89. The van der Waals surface area contributed by atoms with Crippen LogP contribution in [0.5, 0.6) is 0 Å². The third-order valence-electron chi connectivity index (χ3n) is 2.41. The zero-order valence-corrected chi connectivity index (χ0v) is 8.58. The predicted octanol–water partition coefficient (Wildman–Crippen LogP) is 2.95. The summed E-state index contributed by atoms with van der Waals surface area (Å²) in [5.41, 5.74) is 1.02. The fourth-order valence-corrected chi connectivity index (χ4v) is 1.50. The van der Waals surface area contributed by atoms with E-state index in [0.29, 0.717) is 5.76 Å². The maximum Gasteiger partial charge on any atom is 0.159 e. The number of benzene rings is 1. The molecule has 1 heterocycles. The molecule has 2 aromatic rings. The number of rotatable bonds is 2. The van der Waals surface area contributed by atoms with Crippen LogP contribution in [0.1, 0.15) is 23.0 Å². The largest absolute Gasteiger partial charge is 0.466 e. The fraction of sp³-hybridized carbons (Fsp3) is 0.167. The fourth-order valence-electron chi connectivity index (χ4n) is 1.50. The first-order valence-corrected chi connectivity index (χ1v) is 4.76. The van der Waals surface area contributed by atoms with Gasteiger partial charge in [0.25, 0.3) is 0 Å². The number of hydrogen-bond donors (Lipinski definition) is 1. The van der Waals surface area contributed by atoms with E-state index in [-0.39, 0.29) is 5.56 Å². The molecule has 0 aliphatic heterocycles. The van der Waals surface area contributed by atoms with Crippen molar-refractivity contribution in [2.75, 3.05) is 0 Å². The average molecular weight is 224 g/mol. The van der Waals surface area contributed by atoms with E-state index in [1.54, 1.807) is 13.0 Å². The molecule has 0 bridgehead atoms. The van der Waals surface area contributed by atoms with E-state index in [1.807, 2.05) is 0 Å². The Bertz CT molecular complexity index is 505. The van der Waals surface area contributed by atoms with E-state index in [4.69, 9.17) is 4.42 Å². The van der Waals surface area contributed by atoms with Crippen molar-refractivity contribution >= 4 is 0 Å². The number of furan rings is 1. The summed E-state index contributed by atoms with van der Waals surface area (Å²) in [6, 6.07) is 4.96. The third-order valence-corrected chi connectivity index (χ3v) is 2.41. The third kappa shape index (κ3) is 1.84. The second kappa shape index (κ2) is 4.06. The summed E-state index contributed by atoms with van der Waals surface area (Å²) in [5.74, 6) is -1.58. The van der Waals surface area contributed by atoms with Gasteiger partial charge in [-0.3, -0.25) is 0 Å². The molecule has 0 saturated carbocycles.